The van der Waals surface area contributed by atoms with Crippen LogP contribution in [0.2, 0.25) is 0 Å². The van der Waals surface area contributed by atoms with Crippen molar-refractivity contribution in [3.05, 3.63) is 35.6 Å². The Morgan fingerprint density at radius 3 is 2.64 bits per heavy atom. The van der Waals surface area contributed by atoms with Crippen molar-refractivity contribution in [3.63, 3.8) is 0 Å². The fourth-order valence-corrected chi connectivity index (χ4v) is 2.87. The molecule has 0 saturated heterocycles. The van der Waals surface area contributed by atoms with Crippen molar-refractivity contribution in [1.29, 1.82) is 0 Å². The molecule has 76 valence electrons. The van der Waals surface area contributed by atoms with Gasteiger partial charge in [-0.1, -0.05) is 34.5 Å². The van der Waals surface area contributed by atoms with Crippen molar-refractivity contribution < 1.29 is 4.39 Å². The molecule has 0 amide bonds. The molecule has 0 spiro atoms. The van der Waals surface area contributed by atoms with Crippen LogP contribution in [0.25, 0.3) is 0 Å². The van der Waals surface area contributed by atoms with Crippen LogP contribution in [0.1, 0.15) is 24.8 Å². The Labute approximate surface area is 92.6 Å². The highest BCUT2D eigenvalue weighted by Crippen LogP contribution is 2.44. The lowest BCUT2D eigenvalue weighted by molar-refractivity contribution is 0.170. The largest absolute Gasteiger partial charge is 0.207 e. The maximum atomic E-state index is 13.0. The standard InChI is InChI=1S/C12H14BrF/c13-9-12(5-2-6-12)8-10-3-1-4-11(14)7-10/h1,3-4,7H,2,5-6,8-9H2. The fourth-order valence-electron chi connectivity index (χ4n) is 2.11. The van der Waals surface area contributed by atoms with Crippen molar-refractivity contribution in [1.82, 2.24) is 0 Å². The normalized spacial score (nSPS) is 19.0. The number of hydrogen-bond acceptors (Lipinski definition) is 0. The van der Waals surface area contributed by atoms with E-state index in [9.17, 15) is 4.39 Å². The average molecular weight is 257 g/mol. The van der Waals surface area contributed by atoms with Gasteiger partial charge in [0.15, 0.2) is 0 Å². The summed E-state index contributed by atoms with van der Waals surface area (Å²) in [5.41, 5.74) is 1.54. The Balaban J connectivity index is 2.09. The van der Waals surface area contributed by atoms with Crippen LogP contribution in [-0.2, 0) is 6.42 Å². The Bertz CT molecular complexity index is 312. The molecular formula is C12H14BrF. The number of benzene rings is 1. The highest BCUT2D eigenvalue weighted by molar-refractivity contribution is 9.09. The van der Waals surface area contributed by atoms with E-state index in [-0.39, 0.29) is 5.82 Å². The second-order valence-electron chi connectivity index (χ2n) is 4.29. The first-order chi connectivity index (χ1) is 6.74. The van der Waals surface area contributed by atoms with E-state index in [1.54, 1.807) is 12.1 Å². The van der Waals surface area contributed by atoms with E-state index in [2.05, 4.69) is 15.9 Å². The number of rotatable bonds is 3. The predicted octanol–water partition coefficient (Wildman–Crippen LogP) is 3.93. The summed E-state index contributed by atoms with van der Waals surface area (Å²) < 4.78 is 13.0. The zero-order valence-corrected chi connectivity index (χ0v) is 9.69. The quantitative estimate of drug-likeness (QED) is 0.719. The molecule has 0 radical (unpaired) electrons. The smallest absolute Gasteiger partial charge is 0.123 e. The van der Waals surface area contributed by atoms with Gasteiger partial charge in [0.05, 0.1) is 0 Å². The minimum atomic E-state index is -0.119. The van der Waals surface area contributed by atoms with Gasteiger partial charge in [0.25, 0.3) is 0 Å². The lowest BCUT2D eigenvalue weighted by atomic mass is 9.67. The minimum Gasteiger partial charge on any atom is -0.207 e. The van der Waals surface area contributed by atoms with Crippen LogP contribution >= 0.6 is 15.9 Å². The van der Waals surface area contributed by atoms with Gasteiger partial charge in [-0.2, -0.15) is 0 Å². The number of alkyl halides is 1. The third kappa shape index (κ3) is 2.00. The van der Waals surface area contributed by atoms with Crippen LogP contribution in [0.3, 0.4) is 0 Å². The van der Waals surface area contributed by atoms with Gasteiger partial charge < -0.3 is 0 Å². The summed E-state index contributed by atoms with van der Waals surface area (Å²) in [6.45, 7) is 0. The van der Waals surface area contributed by atoms with E-state index in [1.165, 1.54) is 25.3 Å². The predicted molar refractivity (Wildman–Crippen MR) is 60.2 cm³/mol. The molecule has 1 fully saturated rings. The zero-order valence-electron chi connectivity index (χ0n) is 8.10. The van der Waals surface area contributed by atoms with Crippen molar-refractivity contribution in [2.75, 3.05) is 5.33 Å². The lowest BCUT2D eigenvalue weighted by Crippen LogP contribution is -2.33. The molecule has 0 heterocycles. The van der Waals surface area contributed by atoms with Gasteiger partial charge in [0.1, 0.15) is 5.82 Å². The summed E-state index contributed by atoms with van der Waals surface area (Å²) in [6, 6.07) is 6.98. The Morgan fingerprint density at radius 1 is 1.36 bits per heavy atom. The third-order valence-corrected chi connectivity index (χ3v) is 4.36. The van der Waals surface area contributed by atoms with Crippen LogP contribution < -0.4 is 0 Å². The molecular weight excluding hydrogens is 243 g/mol. The first kappa shape index (κ1) is 10.2. The Kier molecular flexibility index (Phi) is 2.91. The topological polar surface area (TPSA) is 0 Å². The summed E-state index contributed by atoms with van der Waals surface area (Å²) in [5, 5.41) is 1.04. The van der Waals surface area contributed by atoms with E-state index in [4.69, 9.17) is 0 Å². The second kappa shape index (κ2) is 4.01. The van der Waals surface area contributed by atoms with Crippen LogP contribution in [0, 0.1) is 11.2 Å². The molecule has 1 saturated carbocycles. The van der Waals surface area contributed by atoms with Crippen molar-refractivity contribution in [3.8, 4) is 0 Å². The number of hydrogen-bond donors (Lipinski definition) is 0. The number of halogens is 2. The minimum absolute atomic E-state index is 0.119. The molecule has 14 heavy (non-hydrogen) atoms. The first-order valence-corrected chi connectivity index (χ1v) is 6.17. The summed E-state index contributed by atoms with van der Waals surface area (Å²) in [6.07, 6.45) is 4.88. The van der Waals surface area contributed by atoms with Crippen molar-refractivity contribution >= 4 is 15.9 Å². The Hall–Kier alpha value is -0.370. The summed E-state index contributed by atoms with van der Waals surface area (Å²) in [7, 11) is 0. The summed E-state index contributed by atoms with van der Waals surface area (Å²) in [4.78, 5) is 0. The third-order valence-electron chi connectivity index (χ3n) is 3.17. The van der Waals surface area contributed by atoms with Gasteiger partial charge in [-0.15, -0.1) is 0 Å². The lowest BCUT2D eigenvalue weighted by Gasteiger charge is -2.40. The van der Waals surface area contributed by atoms with Gasteiger partial charge >= 0.3 is 0 Å². The molecule has 2 heteroatoms. The molecule has 0 N–H and O–H groups in total. The fraction of sp³-hybridized carbons (Fsp3) is 0.500. The van der Waals surface area contributed by atoms with Gasteiger partial charge in [-0.3, -0.25) is 0 Å². The van der Waals surface area contributed by atoms with Crippen LogP contribution in [-0.4, -0.2) is 5.33 Å². The molecule has 0 aromatic heterocycles. The van der Waals surface area contributed by atoms with E-state index in [0.717, 1.165) is 17.3 Å². The molecule has 0 bridgehead atoms. The highest BCUT2D eigenvalue weighted by atomic mass is 79.9. The molecule has 0 atom stereocenters. The van der Waals surface area contributed by atoms with Gasteiger partial charge in [-0.25, -0.2) is 4.39 Å². The average Bonchev–Trinajstić information content (AvgIpc) is 2.11. The second-order valence-corrected chi connectivity index (χ2v) is 4.85. The molecule has 0 unspecified atom stereocenters. The van der Waals surface area contributed by atoms with Crippen LogP contribution in [0.4, 0.5) is 4.39 Å². The summed E-state index contributed by atoms with van der Waals surface area (Å²) in [5.74, 6) is -0.119. The maximum absolute atomic E-state index is 13.0. The van der Waals surface area contributed by atoms with Gasteiger partial charge in [0.2, 0.25) is 0 Å². The maximum Gasteiger partial charge on any atom is 0.123 e. The molecule has 0 aliphatic heterocycles. The van der Waals surface area contributed by atoms with E-state index < -0.39 is 0 Å². The molecule has 1 aromatic rings. The zero-order chi connectivity index (χ0) is 10.0. The Morgan fingerprint density at radius 2 is 2.14 bits per heavy atom. The highest BCUT2D eigenvalue weighted by Gasteiger charge is 2.35. The van der Waals surface area contributed by atoms with E-state index >= 15 is 0 Å². The monoisotopic (exact) mass is 256 g/mol. The van der Waals surface area contributed by atoms with E-state index in [1.807, 2.05) is 6.07 Å². The molecule has 1 aliphatic rings. The molecule has 1 aromatic carbocycles. The first-order valence-electron chi connectivity index (χ1n) is 5.05. The van der Waals surface area contributed by atoms with Crippen LogP contribution in [0.5, 0.6) is 0 Å². The SMILES string of the molecule is Fc1cccc(CC2(CBr)CCC2)c1. The molecule has 0 nitrogen and oxygen atoms in total. The molecule has 1 aliphatic carbocycles. The van der Waals surface area contributed by atoms with E-state index in [0.29, 0.717) is 5.41 Å². The van der Waals surface area contributed by atoms with Gasteiger partial charge in [-0.05, 0) is 42.4 Å². The van der Waals surface area contributed by atoms with Gasteiger partial charge in [0, 0.05) is 5.33 Å². The van der Waals surface area contributed by atoms with Crippen molar-refractivity contribution in [2.24, 2.45) is 5.41 Å². The van der Waals surface area contributed by atoms with Crippen LogP contribution in [0.15, 0.2) is 24.3 Å². The summed E-state index contributed by atoms with van der Waals surface area (Å²) >= 11 is 3.57. The van der Waals surface area contributed by atoms with Crippen molar-refractivity contribution in [2.45, 2.75) is 25.7 Å². The molecule has 2 rings (SSSR count).